The van der Waals surface area contributed by atoms with Crippen LogP contribution in [-0.4, -0.2) is 33.5 Å². The van der Waals surface area contributed by atoms with Crippen LogP contribution in [-0.2, 0) is 15.0 Å². The highest BCUT2D eigenvalue weighted by molar-refractivity contribution is 5.31. The maximum atomic E-state index is 9.48. The number of hydrogen-bond acceptors (Lipinski definition) is 4. The van der Waals surface area contributed by atoms with Crippen LogP contribution in [0, 0.1) is 17.2 Å². The third-order valence-electron chi connectivity index (χ3n) is 3.03. The molecule has 1 rings (SSSR count). The van der Waals surface area contributed by atoms with Crippen LogP contribution in [0.1, 0.15) is 19.4 Å². The van der Waals surface area contributed by atoms with Gasteiger partial charge < -0.3 is 9.47 Å². The van der Waals surface area contributed by atoms with E-state index in [-0.39, 0.29) is 0 Å². The van der Waals surface area contributed by atoms with Gasteiger partial charge >= 0.3 is 0 Å². The summed E-state index contributed by atoms with van der Waals surface area (Å²) in [6.45, 7) is 6.30. The van der Waals surface area contributed by atoms with E-state index in [1.54, 1.807) is 7.05 Å². The lowest BCUT2D eigenvalue weighted by atomic mass is 9.92. The summed E-state index contributed by atoms with van der Waals surface area (Å²) in [5.41, 5.74) is 0.104. The van der Waals surface area contributed by atoms with Gasteiger partial charge in [0, 0.05) is 6.61 Å². The van der Waals surface area contributed by atoms with Crippen LogP contribution >= 0.6 is 0 Å². The van der Waals surface area contributed by atoms with Gasteiger partial charge in [0.05, 0.1) is 25.9 Å². The maximum Gasteiger partial charge on any atom is 0.155 e. The summed E-state index contributed by atoms with van der Waals surface area (Å²) < 4.78 is 11.1. The Morgan fingerprint density at radius 2 is 1.85 bits per heavy atom. The van der Waals surface area contributed by atoms with Gasteiger partial charge in [-0.15, -0.1) is 0 Å². The molecule has 1 unspecified atom stereocenters. The van der Waals surface area contributed by atoms with E-state index in [0.717, 1.165) is 12.2 Å². The van der Waals surface area contributed by atoms with E-state index < -0.39 is 5.54 Å². The molecule has 0 radical (unpaired) electrons. The van der Waals surface area contributed by atoms with Gasteiger partial charge in [-0.2, -0.15) is 5.26 Å². The molecule has 0 aliphatic heterocycles. The normalized spacial score (nSPS) is 13.9. The van der Waals surface area contributed by atoms with Crippen molar-refractivity contribution in [3.63, 3.8) is 0 Å². The molecule has 0 spiro atoms. The number of nitrogens with one attached hydrogen (secondary N) is 1. The molecule has 1 aromatic carbocycles. The van der Waals surface area contributed by atoms with E-state index in [1.165, 1.54) is 0 Å². The Morgan fingerprint density at radius 1 is 1.20 bits per heavy atom. The third kappa shape index (κ3) is 4.93. The van der Waals surface area contributed by atoms with Gasteiger partial charge in [0.25, 0.3) is 0 Å². The largest absolute Gasteiger partial charge is 0.379 e. The number of likely N-dealkylation sites (N-methyl/N-ethyl adjacent to an activating group) is 1. The topological polar surface area (TPSA) is 54.3 Å². The first-order chi connectivity index (χ1) is 9.64. The second-order valence-corrected chi connectivity index (χ2v) is 5.15. The second-order valence-electron chi connectivity index (χ2n) is 5.15. The fourth-order valence-corrected chi connectivity index (χ4v) is 1.84. The van der Waals surface area contributed by atoms with Crippen molar-refractivity contribution in [1.29, 1.82) is 5.26 Å². The standard InChI is InChI=1S/C16H24N2O2/c1-14(2)11-19-9-10-20-13-16(12-17,18-3)15-7-5-4-6-8-15/h4-8,14,18H,9-11,13H2,1-3H3. The summed E-state index contributed by atoms with van der Waals surface area (Å²) >= 11 is 0. The van der Waals surface area contributed by atoms with Crippen molar-refractivity contribution in [2.75, 3.05) is 33.5 Å². The minimum absolute atomic E-state index is 0.301. The molecule has 4 heteroatoms. The molecule has 1 N–H and O–H groups in total. The summed E-state index contributed by atoms with van der Waals surface area (Å²) in [5, 5.41) is 12.5. The Labute approximate surface area is 121 Å². The van der Waals surface area contributed by atoms with Gasteiger partial charge in [0.15, 0.2) is 5.54 Å². The lowest BCUT2D eigenvalue weighted by molar-refractivity contribution is 0.0224. The van der Waals surface area contributed by atoms with E-state index >= 15 is 0 Å². The molecular weight excluding hydrogens is 252 g/mol. The van der Waals surface area contributed by atoms with Crippen molar-refractivity contribution in [2.45, 2.75) is 19.4 Å². The van der Waals surface area contributed by atoms with Crippen molar-refractivity contribution >= 4 is 0 Å². The predicted octanol–water partition coefficient (Wildman–Crippen LogP) is 2.31. The van der Waals surface area contributed by atoms with Crippen LogP contribution in [0.2, 0.25) is 0 Å². The van der Waals surface area contributed by atoms with Gasteiger partial charge in [0.1, 0.15) is 0 Å². The molecule has 0 fully saturated rings. The molecule has 0 amide bonds. The zero-order valence-corrected chi connectivity index (χ0v) is 12.6. The van der Waals surface area contributed by atoms with Crippen LogP contribution < -0.4 is 5.32 Å². The van der Waals surface area contributed by atoms with Crippen molar-refractivity contribution < 1.29 is 9.47 Å². The van der Waals surface area contributed by atoms with Gasteiger partial charge in [0.2, 0.25) is 0 Å². The highest BCUT2D eigenvalue weighted by Gasteiger charge is 2.30. The van der Waals surface area contributed by atoms with E-state index in [1.807, 2.05) is 30.3 Å². The molecule has 20 heavy (non-hydrogen) atoms. The SMILES string of the molecule is CNC(C#N)(COCCOCC(C)C)c1ccccc1. The van der Waals surface area contributed by atoms with Crippen molar-refractivity contribution in [1.82, 2.24) is 5.32 Å². The second kappa shape index (κ2) is 8.70. The summed E-state index contributed by atoms with van der Waals surface area (Å²) in [5.74, 6) is 0.523. The highest BCUT2D eigenvalue weighted by Crippen LogP contribution is 2.20. The number of nitriles is 1. The Morgan fingerprint density at radius 3 is 2.40 bits per heavy atom. The molecule has 0 saturated heterocycles. The molecule has 110 valence electrons. The van der Waals surface area contributed by atoms with Crippen LogP contribution in [0.15, 0.2) is 30.3 Å². The minimum atomic E-state index is -0.806. The van der Waals surface area contributed by atoms with E-state index in [2.05, 4.69) is 25.2 Å². The quantitative estimate of drug-likeness (QED) is 0.703. The number of rotatable bonds is 9. The minimum Gasteiger partial charge on any atom is -0.379 e. The van der Waals surface area contributed by atoms with Gasteiger partial charge in [-0.05, 0) is 18.5 Å². The molecule has 0 bridgehead atoms. The van der Waals surface area contributed by atoms with Crippen LogP contribution in [0.4, 0.5) is 0 Å². The van der Waals surface area contributed by atoms with E-state index in [4.69, 9.17) is 9.47 Å². The Bertz CT molecular complexity index is 414. The molecule has 0 heterocycles. The molecule has 1 atom stereocenters. The number of nitrogens with zero attached hydrogens (tertiary/aromatic N) is 1. The first kappa shape index (κ1) is 16.6. The van der Waals surface area contributed by atoms with E-state index in [0.29, 0.717) is 25.7 Å². The molecule has 1 aromatic rings. The summed E-state index contributed by atoms with van der Waals surface area (Å²) in [6.07, 6.45) is 0. The summed E-state index contributed by atoms with van der Waals surface area (Å²) in [4.78, 5) is 0. The summed E-state index contributed by atoms with van der Waals surface area (Å²) in [7, 11) is 1.77. The average Bonchev–Trinajstić information content (AvgIpc) is 2.48. The zero-order valence-electron chi connectivity index (χ0n) is 12.6. The van der Waals surface area contributed by atoms with Crippen LogP contribution in [0.5, 0.6) is 0 Å². The van der Waals surface area contributed by atoms with Crippen molar-refractivity contribution in [2.24, 2.45) is 5.92 Å². The van der Waals surface area contributed by atoms with Gasteiger partial charge in [-0.3, -0.25) is 5.32 Å². The predicted molar refractivity (Wildman–Crippen MR) is 79.3 cm³/mol. The third-order valence-corrected chi connectivity index (χ3v) is 3.03. The molecule has 0 saturated carbocycles. The van der Waals surface area contributed by atoms with Crippen molar-refractivity contribution in [3.8, 4) is 6.07 Å². The average molecular weight is 276 g/mol. The molecule has 0 aromatic heterocycles. The lowest BCUT2D eigenvalue weighted by Gasteiger charge is -2.26. The molecule has 4 nitrogen and oxygen atoms in total. The first-order valence-electron chi connectivity index (χ1n) is 6.96. The summed E-state index contributed by atoms with van der Waals surface area (Å²) in [6, 6.07) is 11.9. The first-order valence-corrected chi connectivity index (χ1v) is 6.96. The Kier molecular flexibility index (Phi) is 7.24. The molecule has 0 aliphatic carbocycles. The Hall–Kier alpha value is -1.41. The van der Waals surface area contributed by atoms with Gasteiger partial charge in [-0.1, -0.05) is 44.2 Å². The monoisotopic (exact) mass is 276 g/mol. The molecular formula is C16H24N2O2. The zero-order chi connectivity index (χ0) is 14.8. The maximum absolute atomic E-state index is 9.48. The van der Waals surface area contributed by atoms with Crippen LogP contribution in [0.25, 0.3) is 0 Å². The van der Waals surface area contributed by atoms with E-state index in [9.17, 15) is 5.26 Å². The van der Waals surface area contributed by atoms with Crippen LogP contribution in [0.3, 0.4) is 0 Å². The van der Waals surface area contributed by atoms with Gasteiger partial charge in [-0.25, -0.2) is 0 Å². The number of ether oxygens (including phenoxy) is 2. The number of hydrogen-bond donors (Lipinski definition) is 1. The molecule has 0 aliphatic rings. The fraction of sp³-hybridized carbons (Fsp3) is 0.562. The fourth-order valence-electron chi connectivity index (χ4n) is 1.84. The lowest BCUT2D eigenvalue weighted by Crippen LogP contribution is -2.43. The Balaban J connectivity index is 2.47. The highest BCUT2D eigenvalue weighted by atomic mass is 16.5. The smallest absolute Gasteiger partial charge is 0.155 e. The number of benzene rings is 1. The van der Waals surface area contributed by atoms with Crippen molar-refractivity contribution in [3.05, 3.63) is 35.9 Å².